The zero-order valence-electron chi connectivity index (χ0n) is 26.2. The average Bonchev–Trinajstić information content (AvgIpc) is 3.08. The van der Waals surface area contributed by atoms with Gasteiger partial charge in [-0.05, 0) is 99.5 Å². The second-order valence-electron chi connectivity index (χ2n) is 13.0. The summed E-state index contributed by atoms with van der Waals surface area (Å²) in [4.78, 5) is 4.64. The summed E-state index contributed by atoms with van der Waals surface area (Å²) in [5.41, 5.74) is 4.18. The molecule has 0 spiro atoms. The van der Waals surface area contributed by atoms with E-state index in [9.17, 15) is 0 Å². The number of pyridine rings is 1. The van der Waals surface area contributed by atoms with Crippen LogP contribution in [0.2, 0.25) is 18.1 Å². The third kappa shape index (κ3) is 6.96. The molecule has 0 amide bonds. The quantitative estimate of drug-likeness (QED) is 0.278. The number of hydrogen-bond donors (Lipinski definition) is 0. The lowest BCUT2D eigenvalue weighted by Gasteiger charge is -2.36. The smallest absolute Gasteiger partial charge is 0.490 e. The summed E-state index contributed by atoms with van der Waals surface area (Å²) in [5.74, 6) is 1.45. The van der Waals surface area contributed by atoms with Crippen LogP contribution < -0.4 is 9.47 Å². The van der Waals surface area contributed by atoms with Crippen molar-refractivity contribution >= 4 is 21.0 Å². The molecule has 1 fully saturated rings. The van der Waals surface area contributed by atoms with Gasteiger partial charge >= 0.3 is 7.12 Å². The van der Waals surface area contributed by atoms with Gasteiger partial charge in [-0.2, -0.15) is 0 Å². The molecule has 214 valence electrons. The summed E-state index contributed by atoms with van der Waals surface area (Å²) < 4.78 is 31.1. The standard InChI is InChI=1S/C31H48BNO5Si/c1-13-16-35-28-18-23(14-15-27(28)34-10)24-17-25(20-33-19-24)26(21-36-39(11,12)29(3,4)5)22(2)32-37-30(6,7)31(8,9)38-32/h14-15,17-20H,13,16,21H2,1-12H3. The molecular weight excluding hydrogens is 505 g/mol. The van der Waals surface area contributed by atoms with Crippen LogP contribution in [0, 0.1) is 0 Å². The summed E-state index contributed by atoms with van der Waals surface area (Å²) >= 11 is 0. The summed E-state index contributed by atoms with van der Waals surface area (Å²) in [6.45, 7) is 24.9. The second kappa shape index (κ2) is 11.8. The fourth-order valence-corrected chi connectivity index (χ4v) is 4.94. The van der Waals surface area contributed by atoms with Crippen LogP contribution in [0.1, 0.15) is 74.3 Å². The highest BCUT2D eigenvalue weighted by Gasteiger charge is 2.52. The van der Waals surface area contributed by atoms with Crippen molar-refractivity contribution in [1.29, 1.82) is 0 Å². The molecule has 1 aliphatic rings. The van der Waals surface area contributed by atoms with Gasteiger partial charge in [0.1, 0.15) is 0 Å². The van der Waals surface area contributed by atoms with Gasteiger partial charge < -0.3 is 23.2 Å². The van der Waals surface area contributed by atoms with Crippen LogP contribution in [0.15, 0.2) is 42.1 Å². The third-order valence-corrected chi connectivity index (χ3v) is 13.0. The molecule has 0 atom stereocenters. The first-order valence-corrected chi connectivity index (χ1v) is 16.9. The Bertz CT molecular complexity index is 1170. The first kappa shape index (κ1) is 31.4. The van der Waals surface area contributed by atoms with Crippen LogP contribution in [-0.2, 0) is 13.7 Å². The van der Waals surface area contributed by atoms with Gasteiger partial charge in [0.25, 0.3) is 0 Å². The monoisotopic (exact) mass is 553 g/mol. The number of nitrogens with zero attached hydrogens (tertiary/aromatic N) is 1. The van der Waals surface area contributed by atoms with Gasteiger partial charge in [0.05, 0.1) is 31.5 Å². The van der Waals surface area contributed by atoms with Gasteiger partial charge in [0.15, 0.2) is 19.8 Å². The van der Waals surface area contributed by atoms with Crippen LogP contribution in [0.5, 0.6) is 11.5 Å². The molecule has 8 heteroatoms. The first-order chi connectivity index (χ1) is 18.0. The number of ether oxygens (including phenoxy) is 2. The largest absolute Gasteiger partial charge is 0.493 e. The molecule has 0 saturated carbocycles. The number of benzene rings is 1. The van der Waals surface area contributed by atoms with E-state index in [1.165, 1.54) is 0 Å². The highest BCUT2D eigenvalue weighted by Crippen LogP contribution is 2.42. The minimum atomic E-state index is -2.02. The van der Waals surface area contributed by atoms with Crippen LogP contribution in [0.4, 0.5) is 0 Å². The lowest BCUT2D eigenvalue weighted by molar-refractivity contribution is 0.00578. The van der Waals surface area contributed by atoms with E-state index in [0.717, 1.165) is 45.7 Å². The number of rotatable bonds is 10. The van der Waals surface area contributed by atoms with Crippen molar-refractivity contribution in [1.82, 2.24) is 4.98 Å². The lowest BCUT2D eigenvalue weighted by atomic mass is 9.75. The molecular formula is C31H48BNO5Si. The molecule has 3 rings (SSSR count). The zero-order chi connectivity index (χ0) is 29.2. The molecule has 0 aliphatic carbocycles. The first-order valence-electron chi connectivity index (χ1n) is 14.0. The highest BCUT2D eigenvalue weighted by atomic mass is 28.4. The maximum Gasteiger partial charge on any atom is 0.490 e. The summed E-state index contributed by atoms with van der Waals surface area (Å²) in [6.07, 6.45) is 4.71. The molecule has 1 aromatic carbocycles. The molecule has 0 bridgehead atoms. The molecule has 1 aromatic heterocycles. The van der Waals surface area contributed by atoms with Crippen LogP contribution >= 0.6 is 0 Å². The van der Waals surface area contributed by atoms with Gasteiger partial charge in [-0.15, -0.1) is 0 Å². The van der Waals surface area contributed by atoms with Crippen molar-refractivity contribution in [3.63, 3.8) is 0 Å². The fourth-order valence-electron chi connectivity index (χ4n) is 4.00. The van der Waals surface area contributed by atoms with E-state index in [0.29, 0.717) is 13.2 Å². The van der Waals surface area contributed by atoms with Crippen molar-refractivity contribution in [3.8, 4) is 22.6 Å². The van der Waals surface area contributed by atoms with Crippen molar-refractivity contribution < 1.29 is 23.2 Å². The Labute approximate surface area is 237 Å². The Hall–Kier alpha value is -2.13. The number of hydrogen-bond acceptors (Lipinski definition) is 6. The summed E-state index contributed by atoms with van der Waals surface area (Å²) in [7, 11) is -0.823. The Kier molecular flexibility index (Phi) is 9.48. The van der Waals surface area contributed by atoms with E-state index < -0.39 is 26.6 Å². The predicted molar refractivity (Wildman–Crippen MR) is 164 cm³/mol. The highest BCUT2D eigenvalue weighted by molar-refractivity contribution is 6.74. The molecule has 1 saturated heterocycles. The maximum absolute atomic E-state index is 6.74. The van der Waals surface area contributed by atoms with Gasteiger partial charge in [-0.3, -0.25) is 4.98 Å². The number of aromatic nitrogens is 1. The van der Waals surface area contributed by atoms with Crippen molar-refractivity contribution in [2.75, 3.05) is 20.3 Å². The summed E-state index contributed by atoms with van der Waals surface area (Å²) in [6, 6.07) is 8.17. The van der Waals surface area contributed by atoms with E-state index in [1.807, 2.05) is 30.6 Å². The van der Waals surface area contributed by atoms with Crippen LogP contribution in [0.25, 0.3) is 16.7 Å². The van der Waals surface area contributed by atoms with Crippen molar-refractivity contribution in [3.05, 3.63) is 47.7 Å². The fraction of sp³-hybridized carbons (Fsp3) is 0.581. The minimum Gasteiger partial charge on any atom is -0.493 e. The zero-order valence-corrected chi connectivity index (χ0v) is 27.2. The lowest BCUT2D eigenvalue weighted by Crippen LogP contribution is -2.41. The maximum atomic E-state index is 6.74. The molecule has 39 heavy (non-hydrogen) atoms. The van der Waals surface area contributed by atoms with E-state index in [-0.39, 0.29) is 5.04 Å². The second-order valence-corrected chi connectivity index (χ2v) is 17.8. The Morgan fingerprint density at radius 1 is 0.974 bits per heavy atom. The minimum absolute atomic E-state index is 0.0917. The van der Waals surface area contributed by atoms with E-state index in [2.05, 4.69) is 86.5 Å². The van der Waals surface area contributed by atoms with Crippen molar-refractivity contribution in [2.24, 2.45) is 0 Å². The van der Waals surface area contributed by atoms with E-state index in [4.69, 9.17) is 23.2 Å². The number of allylic oxidation sites excluding steroid dienone is 1. The molecule has 0 N–H and O–H groups in total. The Morgan fingerprint density at radius 3 is 2.18 bits per heavy atom. The van der Waals surface area contributed by atoms with E-state index in [1.54, 1.807) is 7.11 Å². The van der Waals surface area contributed by atoms with Gasteiger partial charge in [0, 0.05) is 18.0 Å². The predicted octanol–water partition coefficient (Wildman–Crippen LogP) is 7.97. The molecule has 0 unspecified atom stereocenters. The normalized spacial score (nSPS) is 17.7. The Balaban J connectivity index is 2.07. The van der Waals surface area contributed by atoms with Gasteiger partial charge in [-0.25, -0.2) is 0 Å². The molecule has 0 radical (unpaired) electrons. The van der Waals surface area contributed by atoms with Crippen LogP contribution in [0.3, 0.4) is 0 Å². The number of methoxy groups -OCH3 is 1. The molecule has 2 heterocycles. The molecule has 1 aliphatic heterocycles. The topological polar surface area (TPSA) is 59.0 Å². The van der Waals surface area contributed by atoms with E-state index >= 15 is 0 Å². The van der Waals surface area contributed by atoms with Gasteiger partial charge in [0.2, 0.25) is 0 Å². The van der Waals surface area contributed by atoms with Crippen molar-refractivity contribution in [2.45, 2.75) is 98.1 Å². The van der Waals surface area contributed by atoms with Gasteiger partial charge in [-0.1, -0.05) is 33.8 Å². The molecule has 6 nitrogen and oxygen atoms in total. The average molecular weight is 554 g/mol. The summed E-state index contributed by atoms with van der Waals surface area (Å²) in [5, 5.41) is 0.0917. The SMILES string of the molecule is CCCOc1cc(-c2cncc(C(CO[Si](C)(C)C(C)(C)C)=C(C)B3OC(C)(C)C(C)(C)O3)c2)ccc1OC. The van der Waals surface area contributed by atoms with Crippen LogP contribution in [-0.4, -0.2) is 51.9 Å². The molecule has 2 aromatic rings. The Morgan fingerprint density at radius 2 is 1.62 bits per heavy atom. The third-order valence-electron chi connectivity index (χ3n) is 8.51.